The third-order valence-corrected chi connectivity index (χ3v) is 6.95. The van der Waals surface area contributed by atoms with Gasteiger partial charge in [0.2, 0.25) is 0 Å². The monoisotopic (exact) mass is 409 g/mol. The molecule has 3 heterocycles. The summed E-state index contributed by atoms with van der Waals surface area (Å²) >= 11 is 0. The van der Waals surface area contributed by atoms with Crippen LogP contribution in [0.25, 0.3) is 5.70 Å². The van der Waals surface area contributed by atoms with Crippen LogP contribution in [0, 0.1) is 5.92 Å². The molecule has 0 N–H and O–H groups in total. The zero-order valence-electron chi connectivity index (χ0n) is 18.0. The molecule has 0 amide bonds. The molecule has 3 aliphatic heterocycles. The zero-order chi connectivity index (χ0) is 21.1. The Bertz CT molecular complexity index is 1140. The van der Waals surface area contributed by atoms with Crippen molar-refractivity contribution < 1.29 is 9.47 Å². The average Bonchev–Trinajstić information content (AvgIpc) is 3.11. The molecular formula is C28H27NO2. The van der Waals surface area contributed by atoms with Crippen LogP contribution in [0.4, 0.5) is 5.69 Å². The first-order valence-corrected chi connectivity index (χ1v) is 11.1. The highest BCUT2D eigenvalue weighted by molar-refractivity contribution is 5.87. The van der Waals surface area contributed by atoms with E-state index in [-0.39, 0.29) is 17.4 Å². The second-order valence-electron chi connectivity index (χ2n) is 9.46. The van der Waals surface area contributed by atoms with E-state index in [4.69, 9.17) is 9.47 Å². The first-order chi connectivity index (χ1) is 15.1. The first kappa shape index (κ1) is 18.7. The van der Waals surface area contributed by atoms with Crippen molar-refractivity contribution in [3.8, 4) is 5.75 Å². The number of hydrogen-bond donors (Lipinski definition) is 0. The summed E-state index contributed by atoms with van der Waals surface area (Å²) in [6, 6.07) is 30.0. The van der Waals surface area contributed by atoms with E-state index in [2.05, 4.69) is 110 Å². The Balaban J connectivity index is 1.62. The number of fused-ring (bicyclic) bond motifs is 2. The molecule has 0 aromatic heterocycles. The Labute approximate surface area is 183 Å². The van der Waals surface area contributed by atoms with Gasteiger partial charge in [-0.2, -0.15) is 0 Å². The lowest BCUT2D eigenvalue weighted by Crippen LogP contribution is -2.65. The Morgan fingerprint density at radius 1 is 0.839 bits per heavy atom. The number of ether oxygens (including phenoxy) is 2. The van der Waals surface area contributed by atoms with Crippen LogP contribution in [0.2, 0.25) is 0 Å². The topological polar surface area (TPSA) is 21.7 Å². The van der Waals surface area contributed by atoms with Gasteiger partial charge >= 0.3 is 0 Å². The van der Waals surface area contributed by atoms with Crippen LogP contribution in [0.3, 0.4) is 0 Å². The van der Waals surface area contributed by atoms with Gasteiger partial charge in [-0.3, -0.25) is 4.90 Å². The molecule has 3 atom stereocenters. The number of para-hydroxylation sites is 2. The molecule has 3 nitrogen and oxygen atoms in total. The fourth-order valence-electron chi connectivity index (χ4n) is 5.68. The summed E-state index contributed by atoms with van der Waals surface area (Å²) in [7, 11) is 0. The van der Waals surface area contributed by atoms with Crippen molar-refractivity contribution in [2.75, 3.05) is 11.5 Å². The zero-order valence-corrected chi connectivity index (χ0v) is 18.0. The van der Waals surface area contributed by atoms with Crippen molar-refractivity contribution in [2.45, 2.75) is 37.5 Å². The molecule has 6 rings (SSSR count). The number of nitrogens with zero attached hydrogens (tertiary/aromatic N) is 1. The van der Waals surface area contributed by atoms with Gasteiger partial charge in [0.25, 0.3) is 0 Å². The minimum Gasteiger partial charge on any atom is -0.465 e. The molecule has 31 heavy (non-hydrogen) atoms. The summed E-state index contributed by atoms with van der Waals surface area (Å²) in [6.07, 6.45) is 3.23. The van der Waals surface area contributed by atoms with Crippen LogP contribution in [0.1, 0.15) is 37.3 Å². The standard InChI is InChI=1S/C28H27NO2/c1-27(2)19-28-23(18-30-27)22(20-11-5-3-6-12-20)17-25(21-13-7-4-8-14-21)29(28)24-15-9-10-16-26(24)31-28/h3-17,22-23H,18-19H2,1-2H3/t22-,23-,28-/m0/s1. The number of anilines is 1. The lowest BCUT2D eigenvalue weighted by Gasteiger charge is -2.56. The lowest BCUT2D eigenvalue weighted by molar-refractivity contribution is -0.165. The molecule has 1 fully saturated rings. The van der Waals surface area contributed by atoms with Gasteiger partial charge in [-0.05, 0) is 37.1 Å². The van der Waals surface area contributed by atoms with Crippen molar-refractivity contribution in [2.24, 2.45) is 5.92 Å². The van der Waals surface area contributed by atoms with Gasteiger partial charge < -0.3 is 9.47 Å². The smallest absolute Gasteiger partial charge is 0.196 e. The molecule has 3 aromatic carbocycles. The lowest BCUT2D eigenvalue weighted by atomic mass is 9.70. The molecule has 156 valence electrons. The molecule has 0 unspecified atom stereocenters. The van der Waals surface area contributed by atoms with Gasteiger partial charge in [-0.15, -0.1) is 0 Å². The third kappa shape index (κ3) is 2.84. The normalized spacial score (nSPS) is 28.1. The van der Waals surface area contributed by atoms with Crippen molar-refractivity contribution >= 4 is 11.4 Å². The maximum atomic E-state index is 6.95. The van der Waals surface area contributed by atoms with E-state index >= 15 is 0 Å². The quantitative estimate of drug-likeness (QED) is 0.500. The predicted molar refractivity (Wildman–Crippen MR) is 124 cm³/mol. The van der Waals surface area contributed by atoms with Crippen LogP contribution in [0.5, 0.6) is 5.75 Å². The molecule has 0 aliphatic carbocycles. The van der Waals surface area contributed by atoms with Crippen LogP contribution < -0.4 is 9.64 Å². The molecular weight excluding hydrogens is 382 g/mol. The number of hydrogen-bond acceptors (Lipinski definition) is 3. The SMILES string of the molecule is CC1(C)C[C@@]23Oc4ccccc4N2C(c2ccccc2)=C[C@@H](c2ccccc2)[C@@H]3CO1. The van der Waals surface area contributed by atoms with Crippen molar-refractivity contribution in [3.05, 3.63) is 102 Å². The van der Waals surface area contributed by atoms with E-state index in [1.54, 1.807) is 0 Å². The van der Waals surface area contributed by atoms with Gasteiger partial charge in [0, 0.05) is 18.0 Å². The fourth-order valence-corrected chi connectivity index (χ4v) is 5.68. The maximum absolute atomic E-state index is 6.95. The van der Waals surface area contributed by atoms with Crippen LogP contribution in [-0.2, 0) is 4.74 Å². The first-order valence-electron chi connectivity index (χ1n) is 11.1. The van der Waals surface area contributed by atoms with E-state index in [0.717, 1.165) is 17.9 Å². The minimum atomic E-state index is -0.480. The Kier molecular flexibility index (Phi) is 4.06. The highest BCUT2D eigenvalue weighted by Crippen LogP contribution is 2.59. The summed E-state index contributed by atoms with van der Waals surface area (Å²) in [6.45, 7) is 5.02. The highest BCUT2D eigenvalue weighted by atomic mass is 16.6. The van der Waals surface area contributed by atoms with E-state index in [1.807, 2.05) is 0 Å². The predicted octanol–water partition coefficient (Wildman–Crippen LogP) is 6.24. The molecule has 3 heteroatoms. The van der Waals surface area contributed by atoms with E-state index in [9.17, 15) is 0 Å². The molecule has 3 aromatic rings. The molecule has 1 saturated heterocycles. The van der Waals surface area contributed by atoms with Gasteiger partial charge in [0.15, 0.2) is 5.72 Å². The maximum Gasteiger partial charge on any atom is 0.196 e. The van der Waals surface area contributed by atoms with Gasteiger partial charge in [-0.1, -0.05) is 78.9 Å². The Morgan fingerprint density at radius 3 is 2.29 bits per heavy atom. The molecule has 0 saturated carbocycles. The number of benzene rings is 3. The molecule has 0 radical (unpaired) electrons. The number of rotatable bonds is 2. The second-order valence-corrected chi connectivity index (χ2v) is 9.46. The third-order valence-electron chi connectivity index (χ3n) is 6.95. The summed E-state index contributed by atoms with van der Waals surface area (Å²) < 4.78 is 13.3. The summed E-state index contributed by atoms with van der Waals surface area (Å²) in [5, 5.41) is 0. The van der Waals surface area contributed by atoms with Gasteiger partial charge in [0.05, 0.1) is 23.8 Å². The van der Waals surface area contributed by atoms with Crippen molar-refractivity contribution in [1.82, 2.24) is 0 Å². The Hall–Kier alpha value is -3.04. The number of allylic oxidation sites excluding steroid dienone is 1. The molecule has 1 spiro atoms. The van der Waals surface area contributed by atoms with Gasteiger partial charge in [0.1, 0.15) is 5.75 Å². The summed E-state index contributed by atoms with van der Waals surface area (Å²) in [5.74, 6) is 1.35. The van der Waals surface area contributed by atoms with E-state index in [0.29, 0.717) is 6.61 Å². The summed E-state index contributed by atoms with van der Waals surface area (Å²) in [5.41, 5.74) is 4.14. The molecule has 0 bridgehead atoms. The fraction of sp³-hybridized carbons (Fsp3) is 0.286. The average molecular weight is 410 g/mol. The van der Waals surface area contributed by atoms with Crippen LogP contribution in [-0.4, -0.2) is 17.9 Å². The van der Waals surface area contributed by atoms with Gasteiger partial charge in [-0.25, -0.2) is 0 Å². The highest BCUT2D eigenvalue weighted by Gasteiger charge is 2.62. The second kappa shape index (κ2) is 6.73. The van der Waals surface area contributed by atoms with Crippen molar-refractivity contribution in [3.63, 3.8) is 0 Å². The van der Waals surface area contributed by atoms with Crippen molar-refractivity contribution in [1.29, 1.82) is 0 Å². The molecule has 3 aliphatic rings. The minimum absolute atomic E-state index is 0.183. The van der Waals surface area contributed by atoms with E-state index in [1.165, 1.54) is 16.8 Å². The Morgan fingerprint density at radius 2 is 1.52 bits per heavy atom. The largest absolute Gasteiger partial charge is 0.465 e. The summed E-state index contributed by atoms with van der Waals surface area (Å²) in [4.78, 5) is 2.46. The van der Waals surface area contributed by atoms with Crippen LogP contribution in [0.15, 0.2) is 91.0 Å². The van der Waals surface area contributed by atoms with Crippen LogP contribution >= 0.6 is 0 Å². The van der Waals surface area contributed by atoms with E-state index < -0.39 is 5.72 Å².